The Labute approximate surface area is 211 Å². The highest BCUT2D eigenvalue weighted by Crippen LogP contribution is 2.22. The first-order chi connectivity index (χ1) is 16.1. The van der Waals surface area contributed by atoms with Crippen LogP contribution in [0.2, 0.25) is 10.0 Å². The normalized spacial score (nSPS) is 12.1. The average Bonchev–Trinajstić information content (AvgIpc) is 2.77. The van der Waals surface area contributed by atoms with E-state index in [0.717, 1.165) is 16.7 Å². The average molecular weight is 497 g/mol. The second-order valence-electron chi connectivity index (χ2n) is 9.36. The second-order valence-corrected chi connectivity index (χ2v) is 10.2. The molecule has 0 spiro atoms. The van der Waals surface area contributed by atoms with E-state index in [-0.39, 0.29) is 24.8 Å². The van der Waals surface area contributed by atoms with E-state index in [1.807, 2.05) is 81.4 Å². The van der Waals surface area contributed by atoms with Crippen molar-refractivity contribution in [3.8, 4) is 0 Å². The van der Waals surface area contributed by atoms with E-state index in [4.69, 9.17) is 23.2 Å². The first-order valence-corrected chi connectivity index (χ1v) is 12.0. The largest absolute Gasteiger partial charge is 0.350 e. The fourth-order valence-electron chi connectivity index (χ4n) is 3.74. The predicted octanol–water partition coefficient (Wildman–Crippen LogP) is 6.09. The van der Waals surface area contributed by atoms with E-state index in [0.29, 0.717) is 16.5 Å². The van der Waals surface area contributed by atoms with Crippen molar-refractivity contribution in [2.24, 2.45) is 0 Å². The molecule has 2 amide bonds. The van der Waals surface area contributed by atoms with E-state index in [1.54, 1.807) is 23.1 Å². The van der Waals surface area contributed by atoms with Gasteiger partial charge >= 0.3 is 0 Å². The quantitative estimate of drug-likeness (QED) is 0.410. The summed E-state index contributed by atoms with van der Waals surface area (Å²) in [5.74, 6) is -0.380. The molecule has 0 aromatic heterocycles. The lowest BCUT2D eigenvalue weighted by atomic mass is 10.00. The maximum atomic E-state index is 13.7. The lowest BCUT2D eigenvalue weighted by Crippen LogP contribution is -2.54. The molecule has 6 heteroatoms. The van der Waals surface area contributed by atoms with Gasteiger partial charge in [-0.05, 0) is 55.7 Å². The van der Waals surface area contributed by atoms with E-state index >= 15 is 0 Å². The van der Waals surface area contributed by atoms with Gasteiger partial charge in [-0.25, -0.2) is 0 Å². The molecule has 4 nitrogen and oxygen atoms in total. The van der Waals surface area contributed by atoms with Crippen molar-refractivity contribution in [1.82, 2.24) is 10.2 Å². The number of rotatable bonds is 8. The minimum atomic E-state index is -0.718. The Morgan fingerprint density at radius 2 is 1.53 bits per heavy atom. The fraction of sp³-hybridized carbons (Fsp3) is 0.286. The molecule has 0 saturated carbocycles. The molecule has 0 unspecified atom stereocenters. The summed E-state index contributed by atoms with van der Waals surface area (Å²) in [6.07, 6.45) is 0.508. The Hall–Kier alpha value is -2.82. The SMILES string of the molecule is CC(C)(C)NC(=O)[C@@H](Cc1ccccc1)N(Cc1ccccc1Cl)C(=O)Cc1cccc(Cl)c1. The Kier molecular flexibility index (Phi) is 8.76. The molecule has 3 rings (SSSR count). The zero-order valence-electron chi connectivity index (χ0n) is 19.7. The van der Waals surface area contributed by atoms with Crippen LogP contribution >= 0.6 is 23.2 Å². The van der Waals surface area contributed by atoms with Gasteiger partial charge in [-0.3, -0.25) is 9.59 Å². The molecule has 0 radical (unpaired) electrons. The molecular formula is C28H30Cl2N2O2. The van der Waals surface area contributed by atoms with Crippen molar-refractivity contribution in [2.45, 2.75) is 51.7 Å². The van der Waals surface area contributed by atoms with Crippen LogP contribution in [-0.4, -0.2) is 28.3 Å². The van der Waals surface area contributed by atoms with Crippen LogP contribution < -0.4 is 5.32 Å². The highest BCUT2D eigenvalue weighted by molar-refractivity contribution is 6.31. The summed E-state index contributed by atoms with van der Waals surface area (Å²) in [4.78, 5) is 28.9. The molecule has 0 aliphatic heterocycles. The summed E-state index contributed by atoms with van der Waals surface area (Å²) in [5.41, 5.74) is 2.09. The van der Waals surface area contributed by atoms with E-state index < -0.39 is 11.6 Å². The lowest BCUT2D eigenvalue weighted by Gasteiger charge is -2.34. The highest BCUT2D eigenvalue weighted by Gasteiger charge is 2.32. The third-order valence-corrected chi connectivity index (χ3v) is 5.92. The predicted molar refractivity (Wildman–Crippen MR) is 139 cm³/mol. The van der Waals surface area contributed by atoms with Crippen LogP contribution in [0.25, 0.3) is 0 Å². The second kappa shape index (κ2) is 11.5. The van der Waals surface area contributed by atoms with Crippen LogP contribution in [0.15, 0.2) is 78.9 Å². The van der Waals surface area contributed by atoms with Crippen molar-refractivity contribution in [2.75, 3.05) is 0 Å². The minimum Gasteiger partial charge on any atom is -0.350 e. The number of carbonyl (C=O) groups excluding carboxylic acids is 2. The molecule has 3 aromatic rings. The molecule has 1 atom stereocenters. The number of hydrogen-bond donors (Lipinski definition) is 1. The van der Waals surface area contributed by atoms with Crippen molar-refractivity contribution in [3.05, 3.63) is 106 Å². The maximum Gasteiger partial charge on any atom is 0.243 e. The van der Waals surface area contributed by atoms with Crippen molar-refractivity contribution in [1.29, 1.82) is 0 Å². The third-order valence-electron chi connectivity index (χ3n) is 5.31. The van der Waals surface area contributed by atoms with Gasteiger partial charge in [0.2, 0.25) is 11.8 Å². The summed E-state index contributed by atoms with van der Waals surface area (Å²) in [7, 11) is 0. The van der Waals surface area contributed by atoms with Crippen LogP contribution in [-0.2, 0) is 29.0 Å². The van der Waals surface area contributed by atoms with E-state index in [2.05, 4.69) is 5.32 Å². The molecule has 0 bridgehead atoms. The zero-order valence-corrected chi connectivity index (χ0v) is 21.2. The van der Waals surface area contributed by atoms with Gasteiger partial charge in [0.05, 0.1) is 6.42 Å². The topological polar surface area (TPSA) is 49.4 Å². The van der Waals surface area contributed by atoms with E-state index in [1.165, 1.54) is 0 Å². The Morgan fingerprint density at radius 1 is 0.882 bits per heavy atom. The number of benzene rings is 3. The van der Waals surface area contributed by atoms with Gasteiger partial charge < -0.3 is 10.2 Å². The number of halogens is 2. The molecule has 0 saturated heterocycles. The lowest BCUT2D eigenvalue weighted by molar-refractivity contribution is -0.141. The maximum absolute atomic E-state index is 13.7. The Bertz CT molecular complexity index is 1130. The van der Waals surface area contributed by atoms with Crippen molar-refractivity contribution in [3.63, 3.8) is 0 Å². The highest BCUT2D eigenvalue weighted by atomic mass is 35.5. The van der Waals surface area contributed by atoms with E-state index in [9.17, 15) is 9.59 Å². The molecule has 0 fully saturated rings. The molecule has 178 valence electrons. The van der Waals surface area contributed by atoms with Gasteiger partial charge in [-0.2, -0.15) is 0 Å². The molecular weight excluding hydrogens is 467 g/mol. The number of nitrogens with zero attached hydrogens (tertiary/aromatic N) is 1. The molecule has 0 aliphatic rings. The van der Waals surface area contributed by atoms with Crippen LogP contribution in [0.1, 0.15) is 37.5 Å². The number of hydrogen-bond acceptors (Lipinski definition) is 2. The summed E-state index contributed by atoms with van der Waals surface area (Å²) in [6.45, 7) is 6.00. The van der Waals surface area contributed by atoms with Crippen molar-refractivity contribution < 1.29 is 9.59 Å². The molecule has 0 aliphatic carbocycles. The standard InChI is InChI=1S/C28H30Cl2N2O2/c1-28(2,3)31-27(34)25(17-20-10-5-4-6-11-20)32(19-22-13-7-8-15-24(22)30)26(33)18-21-12-9-14-23(29)16-21/h4-16,25H,17-19H2,1-3H3,(H,31,34)/t25-/m1/s1. The minimum absolute atomic E-state index is 0.124. The van der Waals surface area contributed by atoms with Crippen LogP contribution in [0, 0.1) is 0 Å². The number of amides is 2. The van der Waals surface area contributed by atoms with Gasteiger partial charge in [0.25, 0.3) is 0 Å². The zero-order chi connectivity index (χ0) is 24.7. The molecule has 0 heterocycles. The van der Waals surface area contributed by atoms with Crippen molar-refractivity contribution >= 4 is 35.0 Å². The Balaban J connectivity index is 2.00. The Morgan fingerprint density at radius 3 is 2.18 bits per heavy atom. The first kappa shape index (κ1) is 25.8. The summed E-state index contributed by atoms with van der Waals surface area (Å²) in [6, 6.07) is 23.6. The van der Waals surface area contributed by atoms with Gasteiger partial charge in [0, 0.05) is 28.5 Å². The monoisotopic (exact) mass is 496 g/mol. The number of nitrogens with one attached hydrogen (secondary N) is 1. The smallest absolute Gasteiger partial charge is 0.243 e. The van der Waals surface area contributed by atoms with Gasteiger partial charge in [-0.1, -0.05) is 83.9 Å². The molecule has 34 heavy (non-hydrogen) atoms. The van der Waals surface area contributed by atoms with Crippen LogP contribution in [0.4, 0.5) is 0 Å². The van der Waals surface area contributed by atoms with Crippen LogP contribution in [0.5, 0.6) is 0 Å². The summed E-state index contributed by atoms with van der Waals surface area (Å²) in [5, 5.41) is 4.18. The molecule has 1 N–H and O–H groups in total. The molecule has 3 aromatic carbocycles. The van der Waals surface area contributed by atoms with Gasteiger partial charge in [0.1, 0.15) is 6.04 Å². The summed E-state index contributed by atoms with van der Waals surface area (Å²) >= 11 is 12.6. The first-order valence-electron chi connectivity index (χ1n) is 11.3. The fourth-order valence-corrected chi connectivity index (χ4v) is 4.15. The van der Waals surface area contributed by atoms with Crippen LogP contribution in [0.3, 0.4) is 0 Å². The van der Waals surface area contributed by atoms with Gasteiger partial charge in [-0.15, -0.1) is 0 Å². The summed E-state index contributed by atoms with van der Waals surface area (Å²) < 4.78 is 0. The third kappa shape index (κ3) is 7.61. The number of carbonyl (C=O) groups is 2. The van der Waals surface area contributed by atoms with Gasteiger partial charge in [0.15, 0.2) is 0 Å².